The van der Waals surface area contributed by atoms with Gasteiger partial charge in [-0.3, -0.25) is 4.79 Å². The minimum atomic E-state index is -0.459. The molecule has 1 N–H and O–H groups in total. The summed E-state index contributed by atoms with van der Waals surface area (Å²) in [5, 5.41) is 2.68. The summed E-state index contributed by atoms with van der Waals surface area (Å²) in [4.78, 5) is 23.5. The van der Waals surface area contributed by atoms with Crippen LogP contribution in [-0.4, -0.2) is 11.9 Å². The number of nitrogens with one attached hydrogen (secondary N) is 1. The van der Waals surface area contributed by atoms with Crippen LogP contribution in [0, 0.1) is 0 Å². The number of para-hydroxylation sites is 1. The van der Waals surface area contributed by atoms with Gasteiger partial charge in [0.05, 0.1) is 5.56 Å². The molecule has 140 valence electrons. The third-order valence-electron chi connectivity index (χ3n) is 3.85. The molecule has 0 aromatic heterocycles. The quantitative estimate of drug-likeness (QED) is 0.376. The van der Waals surface area contributed by atoms with Crippen molar-refractivity contribution < 1.29 is 19.1 Å². The van der Waals surface area contributed by atoms with Crippen molar-refractivity contribution in [3.63, 3.8) is 0 Å². The predicted octanol–water partition coefficient (Wildman–Crippen LogP) is 4.50. The Kier molecular flexibility index (Phi) is 6.21. The Morgan fingerprint density at radius 3 is 2.07 bits per heavy atom. The summed E-state index contributed by atoms with van der Waals surface area (Å²) in [5.41, 5.74) is 1.31. The molecular formula is C23H19NO4. The van der Waals surface area contributed by atoms with Gasteiger partial charge in [-0.2, -0.15) is 0 Å². The van der Waals surface area contributed by atoms with Crippen LogP contribution in [0.3, 0.4) is 0 Å². The lowest BCUT2D eigenvalue weighted by Gasteiger charge is -2.08. The first-order valence-electron chi connectivity index (χ1n) is 8.68. The molecule has 0 spiro atoms. The fourth-order valence-electron chi connectivity index (χ4n) is 2.39. The molecule has 0 saturated carbocycles. The second kappa shape index (κ2) is 9.19. The number of benzene rings is 3. The zero-order valence-electron chi connectivity index (χ0n) is 15.1. The van der Waals surface area contributed by atoms with E-state index in [1.807, 2.05) is 30.3 Å². The highest BCUT2D eigenvalue weighted by atomic mass is 16.5. The minimum Gasteiger partial charge on any atom is -0.457 e. The molecule has 1 amide bonds. The number of carbonyl (C=O) groups is 2. The standard InChI is InChI=1S/C23H19NO4/c1-2-22(25)24-16-17-8-12-21(13-9-17)28-23(26)18-10-14-20(15-11-18)27-19-6-4-3-5-7-19/h2-15H,1,16H2,(H,24,25). The van der Waals surface area contributed by atoms with E-state index in [-0.39, 0.29) is 5.91 Å². The molecule has 0 fully saturated rings. The Morgan fingerprint density at radius 2 is 1.43 bits per heavy atom. The number of hydrogen-bond acceptors (Lipinski definition) is 4. The van der Waals surface area contributed by atoms with Crippen LogP contribution in [0.4, 0.5) is 0 Å². The summed E-state index contributed by atoms with van der Waals surface area (Å²) in [6.07, 6.45) is 1.21. The van der Waals surface area contributed by atoms with Crippen LogP contribution in [0.25, 0.3) is 0 Å². The van der Waals surface area contributed by atoms with Gasteiger partial charge in [0.1, 0.15) is 17.2 Å². The van der Waals surface area contributed by atoms with E-state index in [0.29, 0.717) is 23.6 Å². The van der Waals surface area contributed by atoms with Crippen molar-refractivity contribution >= 4 is 11.9 Å². The van der Waals surface area contributed by atoms with Gasteiger partial charge in [0, 0.05) is 6.54 Å². The Hall–Kier alpha value is -3.86. The van der Waals surface area contributed by atoms with Crippen LogP contribution in [0.5, 0.6) is 17.2 Å². The van der Waals surface area contributed by atoms with E-state index in [1.54, 1.807) is 48.5 Å². The van der Waals surface area contributed by atoms with E-state index in [4.69, 9.17) is 9.47 Å². The molecule has 3 aromatic carbocycles. The summed E-state index contributed by atoms with van der Waals surface area (Å²) in [5.74, 6) is 1.08. The van der Waals surface area contributed by atoms with Crippen molar-refractivity contribution in [2.75, 3.05) is 0 Å². The Bertz CT molecular complexity index is 948. The molecule has 0 aliphatic heterocycles. The highest BCUT2D eigenvalue weighted by Gasteiger charge is 2.09. The van der Waals surface area contributed by atoms with E-state index in [2.05, 4.69) is 11.9 Å². The van der Waals surface area contributed by atoms with Crippen molar-refractivity contribution in [2.24, 2.45) is 0 Å². The molecule has 3 aromatic rings. The van der Waals surface area contributed by atoms with Crippen LogP contribution in [0.2, 0.25) is 0 Å². The molecule has 28 heavy (non-hydrogen) atoms. The van der Waals surface area contributed by atoms with Gasteiger partial charge in [0.25, 0.3) is 0 Å². The Morgan fingerprint density at radius 1 is 0.821 bits per heavy atom. The maximum atomic E-state index is 12.3. The largest absolute Gasteiger partial charge is 0.457 e. The highest BCUT2D eigenvalue weighted by Crippen LogP contribution is 2.22. The van der Waals surface area contributed by atoms with E-state index in [9.17, 15) is 9.59 Å². The average molecular weight is 373 g/mol. The highest BCUT2D eigenvalue weighted by molar-refractivity contribution is 5.91. The van der Waals surface area contributed by atoms with Gasteiger partial charge in [-0.1, -0.05) is 36.9 Å². The maximum absolute atomic E-state index is 12.3. The van der Waals surface area contributed by atoms with E-state index >= 15 is 0 Å². The number of ether oxygens (including phenoxy) is 2. The normalized spacial score (nSPS) is 10.0. The molecule has 0 aliphatic carbocycles. The third-order valence-corrected chi connectivity index (χ3v) is 3.85. The number of rotatable bonds is 7. The van der Waals surface area contributed by atoms with E-state index in [1.165, 1.54) is 6.08 Å². The van der Waals surface area contributed by atoms with Crippen LogP contribution in [0.1, 0.15) is 15.9 Å². The lowest BCUT2D eigenvalue weighted by molar-refractivity contribution is -0.116. The second-order valence-corrected chi connectivity index (χ2v) is 5.89. The second-order valence-electron chi connectivity index (χ2n) is 5.89. The first kappa shape index (κ1) is 18.9. The predicted molar refractivity (Wildman–Crippen MR) is 106 cm³/mol. The Labute approximate surface area is 163 Å². The number of esters is 1. The first-order chi connectivity index (χ1) is 13.6. The molecule has 5 nitrogen and oxygen atoms in total. The summed E-state index contributed by atoms with van der Waals surface area (Å²) in [6, 6.07) is 23.1. The van der Waals surface area contributed by atoms with Gasteiger partial charge >= 0.3 is 5.97 Å². The zero-order chi connectivity index (χ0) is 19.8. The van der Waals surface area contributed by atoms with Crippen LogP contribution < -0.4 is 14.8 Å². The fraction of sp³-hybridized carbons (Fsp3) is 0.0435. The lowest BCUT2D eigenvalue weighted by Crippen LogP contribution is -2.19. The SMILES string of the molecule is C=CC(=O)NCc1ccc(OC(=O)c2ccc(Oc3ccccc3)cc2)cc1. The smallest absolute Gasteiger partial charge is 0.343 e. The van der Waals surface area contributed by atoms with Crippen molar-refractivity contribution in [3.8, 4) is 17.2 Å². The first-order valence-corrected chi connectivity index (χ1v) is 8.68. The number of carbonyl (C=O) groups excluding carboxylic acids is 2. The van der Waals surface area contributed by atoms with Crippen molar-refractivity contribution in [1.82, 2.24) is 5.32 Å². The average Bonchev–Trinajstić information content (AvgIpc) is 2.74. The van der Waals surface area contributed by atoms with Crippen LogP contribution >= 0.6 is 0 Å². The van der Waals surface area contributed by atoms with Crippen molar-refractivity contribution in [2.45, 2.75) is 6.54 Å². The van der Waals surface area contributed by atoms with Crippen LogP contribution in [0.15, 0.2) is 91.5 Å². The van der Waals surface area contributed by atoms with Crippen LogP contribution in [-0.2, 0) is 11.3 Å². The van der Waals surface area contributed by atoms with Gasteiger partial charge in [-0.15, -0.1) is 0 Å². The van der Waals surface area contributed by atoms with E-state index in [0.717, 1.165) is 11.3 Å². The molecule has 5 heteroatoms. The Balaban J connectivity index is 1.57. The molecule has 0 aliphatic rings. The topological polar surface area (TPSA) is 64.6 Å². The summed E-state index contributed by atoms with van der Waals surface area (Å²) >= 11 is 0. The molecular weight excluding hydrogens is 354 g/mol. The van der Waals surface area contributed by atoms with Crippen molar-refractivity contribution in [1.29, 1.82) is 0 Å². The molecule has 0 radical (unpaired) electrons. The molecule has 3 rings (SSSR count). The van der Waals surface area contributed by atoms with Gasteiger partial charge < -0.3 is 14.8 Å². The molecule has 0 atom stereocenters. The van der Waals surface area contributed by atoms with Gasteiger partial charge in [0.15, 0.2) is 0 Å². The zero-order valence-corrected chi connectivity index (χ0v) is 15.1. The van der Waals surface area contributed by atoms with Gasteiger partial charge in [0.2, 0.25) is 5.91 Å². The molecule has 0 saturated heterocycles. The number of hydrogen-bond donors (Lipinski definition) is 1. The van der Waals surface area contributed by atoms with E-state index < -0.39 is 5.97 Å². The monoisotopic (exact) mass is 373 g/mol. The molecule has 0 unspecified atom stereocenters. The summed E-state index contributed by atoms with van der Waals surface area (Å²) in [7, 11) is 0. The summed E-state index contributed by atoms with van der Waals surface area (Å²) in [6.45, 7) is 3.77. The lowest BCUT2D eigenvalue weighted by atomic mass is 10.2. The molecule has 0 bridgehead atoms. The molecule has 0 heterocycles. The maximum Gasteiger partial charge on any atom is 0.343 e. The van der Waals surface area contributed by atoms with Crippen molar-refractivity contribution in [3.05, 3.63) is 103 Å². The van der Waals surface area contributed by atoms with Gasteiger partial charge in [-0.25, -0.2) is 4.79 Å². The van der Waals surface area contributed by atoms with Gasteiger partial charge in [-0.05, 0) is 60.2 Å². The summed E-state index contributed by atoms with van der Waals surface area (Å²) < 4.78 is 11.1. The number of amides is 1. The third kappa shape index (κ3) is 5.32. The fourth-order valence-corrected chi connectivity index (χ4v) is 2.39. The minimum absolute atomic E-state index is 0.241.